The van der Waals surface area contributed by atoms with E-state index in [0.29, 0.717) is 66.3 Å². The number of halogens is 2. The molecule has 1 aliphatic heterocycles. The molecule has 7 rings (SSSR count). The van der Waals surface area contributed by atoms with E-state index in [-0.39, 0.29) is 5.11 Å². The highest BCUT2D eigenvalue weighted by Gasteiger charge is 2.65. The lowest BCUT2D eigenvalue weighted by Gasteiger charge is -2.50. The van der Waals surface area contributed by atoms with E-state index in [9.17, 15) is 14.4 Å². The molecule has 1 aromatic heterocycles. The Labute approximate surface area is 302 Å². The van der Waals surface area contributed by atoms with Gasteiger partial charge in [-0.3, -0.25) is 9.59 Å². The highest BCUT2D eigenvalue weighted by atomic mass is 35.5. The molecular weight excluding hydrogens is 695 g/mol. The lowest BCUT2D eigenvalue weighted by Crippen LogP contribution is -2.67. The second kappa shape index (κ2) is 13.2. The number of fused-ring (bicyclic) bond motifs is 1. The zero-order valence-electron chi connectivity index (χ0n) is 26.6. The topological polar surface area (TPSA) is 122 Å². The smallest absolute Gasteiger partial charge is 0.345 e. The molecule has 1 fully saturated rings. The third kappa shape index (κ3) is 5.65. The minimum atomic E-state index is -1.92. The number of aromatic amines is 1. The summed E-state index contributed by atoms with van der Waals surface area (Å²) in [7, 11) is 3.10. The van der Waals surface area contributed by atoms with Crippen molar-refractivity contribution in [3.8, 4) is 22.8 Å². The number of thiocarbonyl (C=S) groups is 1. The van der Waals surface area contributed by atoms with Crippen LogP contribution < -0.4 is 25.8 Å². The molecule has 9 nitrogen and oxygen atoms in total. The zero-order valence-corrected chi connectivity index (χ0v) is 29.0. The minimum absolute atomic E-state index is 0.112. The highest BCUT2D eigenvalue weighted by molar-refractivity contribution is 7.80. The van der Waals surface area contributed by atoms with Crippen molar-refractivity contribution in [1.29, 1.82) is 0 Å². The molecular formula is C38H28Cl2N4O5S. The van der Waals surface area contributed by atoms with Gasteiger partial charge >= 0.3 is 5.69 Å². The van der Waals surface area contributed by atoms with Crippen molar-refractivity contribution in [1.82, 2.24) is 20.6 Å². The Morgan fingerprint density at radius 2 is 1.22 bits per heavy atom. The first-order valence-electron chi connectivity index (χ1n) is 15.5. The van der Waals surface area contributed by atoms with E-state index in [2.05, 4.69) is 20.6 Å². The number of nitrogens with one attached hydrogen (secondary N) is 3. The van der Waals surface area contributed by atoms with Crippen molar-refractivity contribution < 1.29 is 19.1 Å². The maximum absolute atomic E-state index is 15.0. The number of carbonyl (C=O) groups excluding carboxylic acids is 2. The van der Waals surface area contributed by atoms with Crippen LogP contribution in [-0.4, -0.2) is 41.1 Å². The van der Waals surface area contributed by atoms with Crippen LogP contribution in [0.2, 0.25) is 10.0 Å². The molecule has 1 spiro atoms. The lowest BCUT2D eigenvalue weighted by atomic mass is 9.52. The van der Waals surface area contributed by atoms with Gasteiger partial charge in [0.2, 0.25) is 11.8 Å². The van der Waals surface area contributed by atoms with Crippen LogP contribution in [0.4, 0.5) is 0 Å². The number of methoxy groups -OCH3 is 2. The van der Waals surface area contributed by atoms with Gasteiger partial charge in [-0.1, -0.05) is 71.7 Å². The van der Waals surface area contributed by atoms with Crippen LogP contribution in [0.1, 0.15) is 39.8 Å². The summed E-state index contributed by atoms with van der Waals surface area (Å²) in [5.74, 6) is -2.10. The lowest BCUT2D eigenvalue weighted by molar-refractivity contribution is -0.145. The first-order chi connectivity index (χ1) is 24.1. The molecule has 0 bridgehead atoms. The van der Waals surface area contributed by atoms with Crippen molar-refractivity contribution in [2.75, 3.05) is 14.2 Å². The molecule has 1 aliphatic carbocycles. The number of rotatable bonds is 6. The predicted molar refractivity (Wildman–Crippen MR) is 197 cm³/mol. The van der Waals surface area contributed by atoms with E-state index >= 15 is 0 Å². The van der Waals surface area contributed by atoms with Crippen LogP contribution in [0.5, 0.6) is 11.5 Å². The molecule has 2 amide bonds. The number of carbonyl (C=O) groups is 2. The number of amides is 2. The molecule has 0 radical (unpaired) electrons. The number of allylic oxidation sites excluding steroid dienone is 1. The van der Waals surface area contributed by atoms with Gasteiger partial charge in [-0.05, 0) is 94.7 Å². The Hall–Kier alpha value is -5.29. The third-order valence-corrected chi connectivity index (χ3v) is 9.89. The highest BCUT2D eigenvalue weighted by Crippen LogP contribution is 2.62. The maximum Gasteiger partial charge on any atom is 0.345 e. The van der Waals surface area contributed by atoms with Crippen molar-refractivity contribution in [2.24, 2.45) is 5.41 Å². The Bertz CT molecular complexity index is 2220. The molecule has 2 unspecified atom stereocenters. The zero-order chi connectivity index (χ0) is 35.2. The van der Waals surface area contributed by atoms with Gasteiger partial charge < -0.3 is 25.1 Å². The number of H-pyrrole nitrogens is 1. The van der Waals surface area contributed by atoms with Crippen molar-refractivity contribution >= 4 is 64.0 Å². The fourth-order valence-corrected chi connectivity index (χ4v) is 7.47. The van der Waals surface area contributed by atoms with E-state index in [1.807, 2.05) is 18.2 Å². The van der Waals surface area contributed by atoms with Gasteiger partial charge in [0.1, 0.15) is 11.5 Å². The van der Waals surface area contributed by atoms with Gasteiger partial charge in [0, 0.05) is 27.4 Å². The van der Waals surface area contributed by atoms with Crippen LogP contribution in [0.25, 0.3) is 22.9 Å². The standard InChI is InChI=1S/C38H28Cl2N4O5S/c1-48-26-15-7-21(8-16-26)30-28(19-20-3-11-24(39)12-4-20)33-29(32(41-36(47)42-33)23-5-13-25(40)14-6-23)31(22-9-17-27(49-2)18-10-22)38(30)34(45)43-37(50)44-35(38)46/h3-19,30-31H,1-2H3,(H,41,42,47)(H2,43,44,45,46,50)/b28-19-. The number of nitrogens with zero attached hydrogens (tertiary/aromatic N) is 1. The Morgan fingerprint density at radius 3 is 1.74 bits per heavy atom. The van der Waals surface area contributed by atoms with Crippen LogP contribution in [0, 0.1) is 5.41 Å². The molecule has 2 aliphatic rings. The Morgan fingerprint density at radius 1 is 0.720 bits per heavy atom. The normalized spacial score (nSPS) is 18.7. The second-order valence-electron chi connectivity index (χ2n) is 11.9. The quantitative estimate of drug-likeness (QED) is 0.131. The van der Waals surface area contributed by atoms with Gasteiger partial charge in [0.05, 0.1) is 25.6 Å². The monoisotopic (exact) mass is 722 g/mol. The summed E-state index contributed by atoms with van der Waals surface area (Å²) < 4.78 is 10.9. The summed E-state index contributed by atoms with van der Waals surface area (Å²) in [5, 5.41) is 6.45. The number of hydrogen-bond donors (Lipinski definition) is 3. The predicted octanol–water partition coefficient (Wildman–Crippen LogP) is 6.75. The summed E-state index contributed by atoms with van der Waals surface area (Å²) in [5.41, 5.74) is 1.56. The van der Waals surface area contributed by atoms with E-state index in [1.54, 1.807) is 99.1 Å². The maximum atomic E-state index is 15.0. The van der Waals surface area contributed by atoms with Crippen molar-refractivity contribution in [2.45, 2.75) is 11.8 Å². The van der Waals surface area contributed by atoms with E-state index in [0.717, 1.165) is 0 Å². The molecule has 4 aromatic carbocycles. The van der Waals surface area contributed by atoms with Crippen molar-refractivity contribution in [3.63, 3.8) is 0 Å². The third-order valence-electron chi connectivity index (χ3n) is 9.18. The van der Waals surface area contributed by atoms with Crippen LogP contribution >= 0.6 is 35.4 Å². The molecule has 2 atom stereocenters. The first kappa shape index (κ1) is 33.2. The van der Waals surface area contributed by atoms with Gasteiger partial charge in [0.25, 0.3) is 0 Å². The summed E-state index contributed by atoms with van der Waals surface area (Å²) >= 11 is 17.9. The summed E-state index contributed by atoms with van der Waals surface area (Å²) in [6.07, 6.45) is 1.83. The molecule has 250 valence electrons. The average molecular weight is 724 g/mol. The average Bonchev–Trinajstić information content (AvgIpc) is 3.12. The second-order valence-corrected chi connectivity index (χ2v) is 13.1. The van der Waals surface area contributed by atoms with E-state index in [1.165, 1.54) is 0 Å². The summed E-state index contributed by atoms with van der Waals surface area (Å²) in [6, 6.07) is 28.3. The van der Waals surface area contributed by atoms with Gasteiger partial charge in [-0.2, -0.15) is 4.98 Å². The largest absolute Gasteiger partial charge is 0.497 e. The number of benzene rings is 4. The molecule has 5 aromatic rings. The fraction of sp³-hybridized carbons (Fsp3) is 0.132. The van der Waals surface area contributed by atoms with E-state index in [4.69, 9.17) is 44.9 Å². The first-order valence-corrected chi connectivity index (χ1v) is 16.6. The molecule has 0 saturated carbocycles. The van der Waals surface area contributed by atoms with Gasteiger partial charge in [-0.25, -0.2) is 4.79 Å². The van der Waals surface area contributed by atoms with Gasteiger partial charge in [0.15, 0.2) is 10.5 Å². The minimum Gasteiger partial charge on any atom is -0.497 e. The molecule has 1 saturated heterocycles. The van der Waals surface area contributed by atoms with E-state index < -0.39 is 34.8 Å². The number of aromatic nitrogens is 2. The number of ether oxygens (including phenoxy) is 2. The summed E-state index contributed by atoms with van der Waals surface area (Å²) in [6.45, 7) is 0. The van der Waals surface area contributed by atoms with Crippen LogP contribution in [-0.2, 0) is 9.59 Å². The Kier molecular flexibility index (Phi) is 8.77. The molecule has 50 heavy (non-hydrogen) atoms. The molecule has 3 N–H and O–H groups in total. The van der Waals surface area contributed by atoms with Crippen molar-refractivity contribution in [3.05, 3.63) is 146 Å². The SMILES string of the molecule is COc1ccc(C2/C(=C/c3ccc(Cl)cc3)c3nc(=O)[nH]c(-c4ccc(Cl)cc4)c3C(c3ccc(OC)cc3)C23C(=O)NC(=S)NC3=O)cc1. The molecule has 2 heterocycles. The van der Waals surface area contributed by atoms with Crippen LogP contribution in [0.3, 0.4) is 0 Å². The Balaban J connectivity index is 1.68. The summed E-state index contributed by atoms with van der Waals surface area (Å²) in [4.78, 5) is 51.0. The number of hydrogen-bond acceptors (Lipinski definition) is 7. The van der Waals surface area contributed by atoms with Crippen LogP contribution in [0.15, 0.2) is 102 Å². The fourth-order valence-electron chi connectivity index (χ4n) is 7.03. The molecule has 12 heteroatoms. The van der Waals surface area contributed by atoms with Gasteiger partial charge in [-0.15, -0.1) is 0 Å².